The number of hydrogen-bond acceptors (Lipinski definition) is 3. The van der Waals surface area contributed by atoms with Gasteiger partial charge in [-0.1, -0.05) is 30.3 Å². The summed E-state index contributed by atoms with van der Waals surface area (Å²) in [7, 11) is 0. The molecule has 1 fully saturated rings. The largest absolute Gasteiger partial charge is 0.491 e. The molecule has 0 radical (unpaired) electrons. The molecule has 1 aliphatic heterocycles. The van der Waals surface area contributed by atoms with Crippen LogP contribution in [-0.2, 0) is 0 Å². The number of amides is 2. The Morgan fingerprint density at radius 2 is 1.56 bits per heavy atom. The Bertz CT molecular complexity index is 723. The minimum atomic E-state index is 0.00484. The van der Waals surface area contributed by atoms with Crippen molar-refractivity contribution in [3.05, 3.63) is 60.2 Å². The molecular formula is C22H29N3O2. The second-order valence-electron chi connectivity index (χ2n) is 7.22. The second-order valence-corrected chi connectivity index (χ2v) is 7.22. The Kier molecular flexibility index (Phi) is 6.22. The fraction of sp³-hybridized carbons (Fsp3) is 0.409. The van der Waals surface area contributed by atoms with Gasteiger partial charge >= 0.3 is 6.03 Å². The average Bonchev–Trinajstić information content (AvgIpc) is 2.69. The Morgan fingerprint density at radius 1 is 0.926 bits per heavy atom. The van der Waals surface area contributed by atoms with Crippen LogP contribution in [0.5, 0.6) is 5.75 Å². The van der Waals surface area contributed by atoms with E-state index in [9.17, 15) is 4.79 Å². The van der Waals surface area contributed by atoms with Crippen molar-refractivity contribution in [1.29, 1.82) is 0 Å². The molecule has 27 heavy (non-hydrogen) atoms. The number of hydrogen-bond donors (Lipinski definition) is 1. The van der Waals surface area contributed by atoms with Gasteiger partial charge in [-0.05, 0) is 50.6 Å². The van der Waals surface area contributed by atoms with Crippen LogP contribution in [0.2, 0.25) is 0 Å². The molecule has 0 spiro atoms. The highest BCUT2D eigenvalue weighted by Gasteiger charge is 2.22. The maximum absolute atomic E-state index is 12.6. The molecule has 1 heterocycles. The van der Waals surface area contributed by atoms with Gasteiger partial charge in [-0.25, -0.2) is 4.79 Å². The number of ether oxygens (including phenoxy) is 1. The van der Waals surface area contributed by atoms with Crippen LogP contribution in [0.15, 0.2) is 54.6 Å². The number of carbonyl (C=O) groups excluding carboxylic acids is 1. The molecule has 3 rings (SSSR count). The maximum Gasteiger partial charge on any atom is 0.317 e. The van der Waals surface area contributed by atoms with Crippen LogP contribution in [0.1, 0.15) is 32.4 Å². The zero-order valence-corrected chi connectivity index (χ0v) is 16.4. The monoisotopic (exact) mass is 367 g/mol. The van der Waals surface area contributed by atoms with Crippen LogP contribution in [0.4, 0.5) is 10.5 Å². The number of piperazine rings is 1. The Balaban J connectivity index is 1.50. The number of nitrogens with zero attached hydrogens (tertiary/aromatic N) is 2. The zero-order chi connectivity index (χ0) is 19.2. The standard InChI is InChI=1S/C22H29N3O2/c1-17(2)27-21-11-9-20(10-12-21)24-13-15-25(16-14-24)22(26)23-18(3)19-7-5-4-6-8-19/h4-12,17-18H,13-16H2,1-3H3,(H,23,26). The van der Waals surface area contributed by atoms with Crippen molar-refractivity contribution in [2.24, 2.45) is 0 Å². The van der Waals surface area contributed by atoms with Gasteiger partial charge in [0.05, 0.1) is 12.1 Å². The van der Waals surface area contributed by atoms with Crippen molar-refractivity contribution in [3.63, 3.8) is 0 Å². The van der Waals surface area contributed by atoms with E-state index in [0.29, 0.717) is 0 Å². The third kappa shape index (κ3) is 5.16. The predicted molar refractivity (Wildman–Crippen MR) is 109 cm³/mol. The minimum absolute atomic E-state index is 0.00484. The topological polar surface area (TPSA) is 44.8 Å². The third-order valence-electron chi connectivity index (χ3n) is 4.78. The second kappa shape index (κ2) is 8.80. The van der Waals surface area contributed by atoms with Crippen LogP contribution in [0, 0.1) is 0 Å². The number of nitrogens with one attached hydrogen (secondary N) is 1. The molecule has 0 aliphatic carbocycles. The Hall–Kier alpha value is -2.69. The first-order chi connectivity index (χ1) is 13.0. The first-order valence-electron chi connectivity index (χ1n) is 9.65. The van der Waals surface area contributed by atoms with Gasteiger partial charge in [-0.3, -0.25) is 0 Å². The molecule has 2 aromatic rings. The summed E-state index contributed by atoms with van der Waals surface area (Å²) in [6.45, 7) is 9.17. The fourth-order valence-electron chi connectivity index (χ4n) is 3.28. The van der Waals surface area contributed by atoms with Gasteiger partial charge in [0, 0.05) is 31.9 Å². The number of rotatable bonds is 5. The SMILES string of the molecule is CC(C)Oc1ccc(N2CCN(C(=O)NC(C)c3ccccc3)CC2)cc1. The van der Waals surface area contributed by atoms with E-state index in [1.165, 1.54) is 5.69 Å². The first kappa shape index (κ1) is 19.1. The predicted octanol–water partition coefficient (Wildman–Crippen LogP) is 4.07. The van der Waals surface area contributed by atoms with Crippen molar-refractivity contribution in [3.8, 4) is 5.75 Å². The molecule has 1 saturated heterocycles. The smallest absolute Gasteiger partial charge is 0.317 e. The summed E-state index contributed by atoms with van der Waals surface area (Å²) in [6, 6.07) is 18.3. The van der Waals surface area contributed by atoms with Crippen LogP contribution < -0.4 is 15.0 Å². The molecule has 2 amide bonds. The normalized spacial score (nSPS) is 15.6. The van der Waals surface area contributed by atoms with E-state index in [0.717, 1.165) is 37.5 Å². The first-order valence-corrected chi connectivity index (χ1v) is 9.65. The van der Waals surface area contributed by atoms with Crippen LogP contribution in [-0.4, -0.2) is 43.2 Å². The molecule has 5 nitrogen and oxygen atoms in total. The highest BCUT2D eigenvalue weighted by molar-refractivity contribution is 5.75. The van der Waals surface area contributed by atoms with Crippen LogP contribution >= 0.6 is 0 Å². The maximum atomic E-state index is 12.6. The molecule has 1 atom stereocenters. The van der Waals surface area contributed by atoms with E-state index in [4.69, 9.17) is 4.74 Å². The van der Waals surface area contributed by atoms with E-state index >= 15 is 0 Å². The molecule has 5 heteroatoms. The van der Waals surface area contributed by atoms with Gasteiger partial charge in [-0.15, -0.1) is 0 Å². The Labute approximate surface area is 161 Å². The lowest BCUT2D eigenvalue weighted by atomic mass is 10.1. The van der Waals surface area contributed by atoms with Crippen LogP contribution in [0.3, 0.4) is 0 Å². The van der Waals surface area contributed by atoms with E-state index in [1.54, 1.807) is 0 Å². The van der Waals surface area contributed by atoms with Crippen LogP contribution in [0.25, 0.3) is 0 Å². The van der Waals surface area contributed by atoms with Crippen molar-refractivity contribution >= 4 is 11.7 Å². The molecular weight excluding hydrogens is 338 g/mol. The summed E-state index contributed by atoms with van der Waals surface area (Å²) in [5, 5.41) is 3.10. The van der Waals surface area contributed by atoms with Gasteiger partial charge < -0.3 is 19.9 Å². The van der Waals surface area contributed by atoms with Gasteiger partial charge in [0.15, 0.2) is 0 Å². The van der Waals surface area contributed by atoms with Gasteiger partial charge in [-0.2, -0.15) is 0 Å². The van der Waals surface area contributed by atoms with Crippen molar-refractivity contribution in [2.75, 3.05) is 31.1 Å². The molecule has 144 valence electrons. The lowest BCUT2D eigenvalue weighted by molar-refractivity contribution is 0.191. The molecule has 2 aromatic carbocycles. The zero-order valence-electron chi connectivity index (χ0n) is 16.4. The number of carbonyl (C=O) groups is 1. The molecule has 0 saturated carbocycles. The fourth-order valence-corrected chi connectivity index (χ4v) is 3.28. The summed E-state index contributed by atoms with van der Waals surface area (Å²) >= 11 is 0. The van der Waals surface area contributed by atoms with E-state index in [1.807, 2.05) is 68.1 Å². The number of benzene rings is 2. The number of anilines is 1. The lowest BCUT2D eigenvalue weighted by Gasteiger charge is -2.36. The van der Waals surface area contributed by atoms with Gasteiger partial charge in [0.25, 0.3) is 0 Å². The summed E-state index contributed by atoms with van der Waals surface area (Å²) < 4.78 is 5.70. The van der Waals surface area contributed by atoms with Crippen molar-refractivity contribution in [1.82, 2.24) is 10.2 Å². The summed E-state index contributed by atoms with van der Waals surface area (Å²) in [6.07, 6.45) is 0.177. The summed E-state index contributed by atoms with van der Waals surface area (Å²) in [5.74, 6) is 0.890. The molecule has 1 N–H and O–H groups in total. The van der Waals surface area contributed by atoms with E-state index in [-0.39, 0.29) is 18.2 Å². The summed E-state index contributed by atoms with van der Waals surface area (Å²) in [5.41, 5.74) is 2.29. The van der Waals surface area contributed by atoms with Gasteiger partial charge in [0.2, 0.25) is 0 Å². The van der Waals surface area contributed by atoms with Crippen molar-refractivity contribution in [2.45, 2.75) is 32.9 Å². The quantitative estimate of drug-likeness (QED) is 0.866. The summed E-state index contributed by atoms with van der Waals surface area (Å²) in [4.78, 5) is 16.8. The van der Waals surface area contributed by atoms with Gasteiger partial charge in [0.1, 0.15) is 5.75 Å². The van der Waals surface area contributed by atoms with Crippen molar-refractivity contribution < 1.29 is 9.53 Å². The molecule has 1 unspecified atom stereocenters. The highest BCUT2D eigenvalue weighted by atomic mass is 16.5. The molecule has 0 aromatic heterocycles. The minimum Gasteiger partial charge on any atom is -0.491 e. The molecule has 1 aliphatic rings. The lowest BCUT2D eigenvalue weighted by Crippen LogP contribution is -2.52. The van der Waals surface area contributed by atoms with E-state index < -0.39 is 0 Å². The van der Waals surface area contributed by atoms with E-state index in [2.05, 4.69) is 22.3 Å². The average molecular weight is 367 g/mol. The highest BCUT2D eigenvalue weighted by Crippen LogP contribution is 2.21. The third-order valence-corrected chi connectivity index (χ3v) is 4.78. The number of urea groups is 1. The Morgan fingerprint density at radius 3 is 2.15 bits per heavy atom. The molecule has 0 bridgehead atoms.